The van der Waals surface area contributed by atoms with Gasteiger partial charge in [0, 0.05) is 0 Å². The molecule has 0 rings (SSSR count). The molecule has 0 aromatic heterocycles. The first-order valence-corrected chi connectivity index (χ1v) is 8.20. The van der Waals surface area contributed by atoms with Gasteiger partial charge in [-0.1, -0.05) is 0 Å². The van der Waals surface area contributed by atoms with Crippen molar-refractivity contribution in [1.82, 2.24) is 0 Å². The van der Waals surface area contributed by atoms with Gasteiger partial charge < -0.3 is 0 Å². The van der Waals surface area contributed by atoms with E-state index in [2.05, 4.69) is 6.58 Å². The molecule has 72 valence electrons. The van der Waals surface area contributed by atoms with E-state index in [1.54, 1.807) is 0 Å². The fourth-order valence-electron chi connectivity index (χ4n) is 0.413. The predicted octanol–water partition coefficient (Wildman–Crippen LogP) is 2.66. The summed E-state index contributed by atoms with van der Waals surface area (Å²) in [6, 6.07) is 0. The normalized spacial score (nSPS) is 14.5. The van der Waals surface area contributed by atoms with E-state index in [4.69, 9.17) is 16.0 Å². The topological polar surface area (TPSA) is 26.3 Å². The van der Waals surface area contributed by atoms with Crippen molar-refractivity contribution < 1.29 is 9.53 Å². The van der Waals surface area contributed by atoms with Crippen molar-refractivity contribution >= 4 is 23.2 Å². The van der Waals surface area contributed by atoms with Crippen LogP contribution in [0.15, 0.2) is 12.7 Å². The van der Waals surface area contributed by atoms with Gasteiger partial charge in [-0.05, 0) is 0 Å². The summed E-state index contributed by atoms with van der Waals surface area (Å²) in [6.45, 7) is 9.26. The maximum atomic E-state index is 10.7. The van der Waals surface area contributed by atoms with E-state index in [0.717, 1.165) is 12.2 Å². The van der Waals surface area contributed by atoms with Gasteiger partial charge in [0.15, 0.2) is 0 Å². The summed E-state index contributed by atoms with van der Waals surface area (Å²) >= 11 is 6.30. The van der Waals surface area contributed by atoms with Crippen LogP contribution in [0.1, 0.15) is 6.92 Å². The van der Waals surface area contributed by atoms with Gasteiger partial charge in [-0.2, -0.15) is 0 Å². The van der Waals surface area contributed by atoms with Gasteiger partial charge in [0.05, 0.1) is 0 Å². The standard InChI is InChI=1S/C8H16ClO2P/c1-5-8(10)11-7-12(3,4,9)6-2/h5H,1,6-7H2,2-4H3. The van der Waals surface area contributed by atoms with Crippen LogP contribution in [0.5, 0.6) is 0 Å². The molecule has 0 aliphatic heterocycles. The third-order valence-corrected chi connectivity index (χ3v) is 5.63. The van der Waals surface area contributed by atoms with E-state index >= 15 is 0 Å². The van der Waals surface area contributed by atoms with Crippen LogP contribution in [0.3, 0.4) is 0 Å². The van der Waals surface area contributed by atoms with Crippen LogP contribution in [-0.2, 0) is 9.53 Å². The minimum atomic E-state index is -2.23. The Morgan fingerprint density at radius 1 is 1.67 bits per heavy atom. The number of carbonyl (C=O) groups excluding carboxylic acids is 1. The average Bonchev–Trinajstić information content (AvgIpc) is 2.00. The Morgan fingerprint density at radius 2 is 2.17 bits per heavy atom. The first-order chi connectivity index (χ1) is 5.28. The second-order valence-corrected chi connectivity index (χ2v) is 13.0. The maximum absolute atomic E-state index is 10.7. The van der Waals surface area contributed by atoms with Crippen molar-refractivity contribution in [3.8, 4) is 0 Å². The molecule has 0 aromatic carbocycles. The number of carbonyl (C=O) groups is 1. The Balaban J connectivity index is 4.08. The molecule has 0 spiro atoms. The fourth-order valence-corrected chi connectivity index (χ4v) is 1.27. The molecular formula is C8H16ClO2P. The molecule has 0 aliphatic rings. The zero-order valence-electron chi connectivity index (χ0n) is 7.84. The van der Waals surface area contributed by atoms with Gasteiger partial charge in [-0.3, -0.25) is 0 Å². The Hall–Kier alpha value is -0.0700. The van der Waals surface area contributed by atoms with Crippen molar-refractivity contribution in [2.75, 3.05) is 25.8 Å². The van der Waals surface area contributed by atoms with Gasteiger partial charge in [0.2, 0.25) is 0 Å². The van der Waals surface area contributed by atoms with Crippen LogP contribution in [0.2, 0.25) is 0 Å². The molecule has 4 heteroatoms. The molecule has 0 saturated carbocycles. The summed E-state index contributed by atoms with van der Waals surface area (Å²) in [6.07, 6.45) is 2.34. The summed E-state index contributed by atoms with van der Waals surface area (Å²) in [5.74, 6) is -2.63. The van der Waals surface area contributed by atoms with E-state index in [1.807, 2.05) is 20.3 Å². The molecule has 0 aliphatic carbocycles. The molecule has 0 saturated heterocycles. The molecule has 0 radical (unpaired) electrons. The molecule has 0 atom stereocenters. The first-order valence-electron chi connectivity index (χ1n) is 3.80. The number of halogens is 1. The van der Waals surface area contributed by atoms with E-state index in [0.29, 0.717) is 6.35 Å². The summed E-state index contributed by atoms with van der Waals surface area (Å²) in [5, 5.41) is 0. The molecule has 0 fully saturated rings. The third kappa shape index (κ3) is 4.74. The van der Waals surface area contributed by atoms with Crippen LogP contribution in [0.25, 0.3) is 0 Å². The third-order valence-electron chi connectivity index (χ3n) is 1.75. The minimum absolute atomic E-state index is 0.328. The molecule has 0 aromatic rings. The summed E-state index contributed by atoms with van der Waals surface area (Å²) in [4.78, 5) is 10.7. The molecule has 2 nitrogen and oxygen atoms in total. The van der Waals surface area contributed by atoms with E-state index in [9.17, 15) is 4.79 Å². The van der Waals surface area contributed by atoms with Gasteiger partial charge in [-0.15, -0.1) is 0 Å². The molecule has 0 amide bonds. The second kappa shape index (κ2) is 3.76. The Labute approximate surface area is 78.6 Å². The quantitative estimate of drug-likeness (QED) is 0.405. The molecule has 0 N–H and O–H groups in total. The van der Waals surface area contributed by atoms with Gasteiger partial charge in [0.25, 0.3) is 0 Å². The summed E-state index contributed by atoms with van der Waals surface area (Å²) < 4.78 is 4.92. The van der Waals surface area contributed by atoms with E-state index < -0.39 is 11.9 Å². The monoisotopic (exact) mass is 210 g/mol. The van der Waals surface area contributed by atoms with Gasteiger partial charge in [0.1, 0.15) is 0 Å². The summed E-state index contributed by atoms with van der Waals surface area (Å²) in [5.41, 5.74) is 0. The van der Waals surface area contributed by atoms with E-state index in [1.165, 1.54) is 0 Å². The first kappa shape index (κ1) is 11.9. The van der Waals surface area contributed by atoms with Crippen molar-refractivity contribution in [1.29, 1.82) is 0 Å². The second-order valence-electron chi connectivity index (χ2n) is 3.63. The van der Waals surface area contributed by atoms with Gasteiger partial charge >= 0.3 is 78.1 Å². The number of ether oxygens (including phenoxy) is 1. The SMILES string of the molecule is C=CC(=O)OCP(C)(C)(Cl)CC. The van der Waals surface area contributed by atoms with Gasteiger partial charge in [-0.25, -0.2) is 0 Å². The molecule has 12 heavy (non-hydrogen) atoms. The van der Waals surface area contributed by atoms with Crippen LogP contribution in [0.4, 0.5) is 0 Å². The molecule has 0 heterocycles. The van der Waals surface area contributed by atoms with E-state index in [-0.39, 0.29) is 0 Å². The number of rotatable bonds is 4. The number of esters is 1. The Morgan fingerprint density at radius 3 is 2.50 bits per heavy atom. The van der Waals surface area contributed by atoms with Crippen LogP contribution >= 0.6 is 17.2 Å². The zero-order chi connectivity index (χ0) is 9.85. The fraction of sp³-hybridized carbons (Fsp3) is 0.625. The van der Waals surface area contributed by atoms with Crippen molar-refractivity contribution in [2.24, 2.45) is 0 Å². The predicted molar refractivity (Wildman–Crippen MR) is 56.3 cm³/mol. The molecule has 0 unspecified atom stereocenters. The number of hydrogen-bond acceptors (Lipinski definition) is 2. The van der Waals surface area contributed by atoms with Crippen LogP contribution < -0.4 is 0 Å². The average molecular weight is 211 g/mol. The number of hydrogen-bond donors (Lipinski definition) is 0. The zero-order valence-corrected chi connectivity index (χ0v) is 9.49. The van der Waals surface area contributed by atoms with Crippen LogP contribution in [0, 0.1) is 0 Å². The van der Waals surface area contributed by atoms with Crippen LogP contribution in [-0.4, -0.2) is 31.8 Å². The molecule has 0 bridgehead atoms. The van der Waals surface area contributed by atoms with Crippen molar-refractivity contribution in [2.45, 2.75) is 6.92 Å². The van der Waals surface area contributed by atoms with Crippen molar-refractivity contribution in [3.63, 3.8) is 0 Å². The Kier molecular flexibility index (Phi) is 3.74. The summed E-state index contributed by atoms with van der Waals surface area (Å²) in [7, 11) is 0. The molecular weight excluding hydrogens is 195 g/mol. The Bertz CT molecular complexity index is 193. The van der Waals surface area contributed by atoms with Crippen molar-refractivity contribution in [3.05, 3.63) is 12.7 Å².